The summed E-state index contributed by atoms with van der Waals surface area (Å²) in [4.78, 5) is 27.7. The largest absolute Gasteiger partial charge is 0.371 e. The number of aromatic nitrogens is 2. The maximum atomic E-state index is 12.8. The molecule has 4 heterocycles. The fraction of sp³-hybridized carbons (Fsp3) is 0.348. The standard InChI is InChI=1S/C23H25N5OS/c29-22(20-14-18(8-10-24-20)28-11-4-5-12-28)26-23-25-19-9-13-27(16-21(19)30-23)15-17-6-2-1-3-7-17/h1-3,6-8,10,14H,4-5,9,11-13,15-16H2,(H,25,26,29). The van der Waals surface area contributed by atoms with Crippen molar-refractivity contribution in [3.63, 3.8) is 0 Å². The lowest BCUT2D eigenvalue weighted by Crippen LogP contribution is -2.29. The van der Waals surface area contributed by atoms with Gasteiger partial charge in [-0.3, -0.25) is 20.0 Å². The second kappa shape index (κ2) is 8.53. The molecule has 6 nitrogen and oxygen atoms in total. The molecule has 2 aliphatic rings. The van der Waals surface area contributed by atoms with Crippen LogP contribution in [0, 0.1) is 0 Å². The van der Waals surface area contributed by atoms with Crippen LogP contribution >= 0.6 is 11.3 Å². The zero-order valence-electron chi connectivity index (χ0n) is 16.9. The molecule has 1 aromatic carbocycles. The molecule has 0 radical (unpaired) electrons. The van der Waals surface area contributed by atoms with E-state index >= 15 is 0 Å². The highest BCUT2D eigenvalue weighted by molar-refractivity contribution is 7.15. The van der Waals surface area contributed by atoms with Crippen LogP contribution in [0.3, 0.4) is 0 Å². The molecule has 154 valence electrons. The summed E-state index contributed by atoms with van der Waals surface area (Å²) in [5.74, 6) is -0.191. The van der Waals surface area contributed by atoms with Gasteiger partial charge in [0.15, 0.2) is 5.13 Å². The average molecular weight is 420 g/mol. The molecule has 1 amide bonds. The normalized spacial score (nSPS) is 16.5. The maximum absolute atomic E-state index is 12.8. The molecule has 0 spiro atoms. The van der Waals surface area contributed by atoms with Gasteiger partial charge in [0.05, 0.1) is 5.69 Å². The van der Waals surface area contributed by atoms with Crippen molar-refractivity contribution in [1.29, 1.82) is 0 Å². The van der Waals surface area contributed by atoms with E-state index in [1.165, 1.54) is 23.3 Å². The van der Waals surface area contributed by atoms with Crippen LogP contribution in [0.15, 0.2) is 48.7 Å². The summed E-state index contributed by atoms with van der Waals surface area (Å²) in [5, 5.41) is 3.63. The Balaban J connectivity index is 1.25. The van der Waals surface area contributed by atoms with Crippen molar-refractivity contribution in [3.8, 4) is 0 Å². The van der Waals surface area contributed by atoms with Crippen molar-refractivity contribution >= 4 is 28.1 Å². The minimum absolute atomic E-state index is 0.191. The van der Waals surface area contributed by atoms with Gasteiger partial charge in [-0.05, 0) is 30.5 Å². The summed E-state index contributed by atoms with van der Waals surface area (Å²) in [5.41, 5.74) is 3.95. The lowest BCUT2D eigenvalue weighted by Gasteiger charge is -2.25. The van der Waals surface area contributed by atoms with Gasteiger partial charge in [0, 0.05) is 55.9 Å². The second-order valence-electron chi connectivity index (χ2n) is 7.88. The first-order chi connectivity index (χ1) is 14.7. The van der Waals surface area contributed by atoms with E-state index in [9.17, 15) is 4.79 Å². The van der Waals surface area contributed by atoms with Crippen LogP contribution in [0.5, 0.6) is 0 Å². The van der Waals surface area contributed by atoms with E-state index in [4.69, 9.17) is 0 Å². The number of hydrogen-bond donors (Lipinski definition) is 1. The quantitative estimate of drug-likeness (QED) is 0.679. The Labute approximate surface area is 180 Å². The number of benzene rings is 1. The van der Waals surface area contributed by atoms with Crippen molar-refractivity contribution in [2.24, 2.45) is 0 Å². The second-order valence-corrected chi connectivity index (χ2v) is 8.97. The van der Waals surface area contributed by atoms with Crippen LogP contribution in [-0.4, -0.2) is 40.4 Å². The summed E-state index contributed by atoms with van der Waals surface area (Å²) in [7, 11) is 0. The predicted octanol–water partition coefficient (Wildman–Crippen LogP) is 3.95. The first-order valence-electron chi connectivity index (χ1n) is 10.5. The number of carbonyl (C=O) groups is 1. The van der Waals surface area contributed by atoms with Gasteiger partial charge in [-0.15, -0.1) is 11.3 Å². The molecule has 0 aliphatic carbocycles. The van der Waals surface area contributed by atoms with Crippen molar-refractivity contribution < 1.29 is 4.79 Å². The lowest BCUT2D eigenvalue weighted by molar-refractivity contribution is 0.102. The zero-order chi connectivity index (χ0) is 20.3. The Morgan fingerprint density at radius 1 is 1.10 bits per heavy atom. The van der Waals surface area contributed by atoms with Gasteiger partial charge >= 0.3 is 0 Å². The Kier molecular flexibility index (Phi) is 5.46. The van der Waals surface area contributed by atoms with Crippen molar-refractivity contribution in [2.75, 3.05) is 29.9 Å². The highest BCUT2D eigenvalue weighted by Gasteiger charge is 2.22. The highest BCUT2D eigenvalue weighted by Crippen LogP contribution is 2.29. The van der Waals surface area contributed by atoms with E-state index in [-0.39, 0.29) is 5.91 Å². The van der Waals surface area contributed by atoms with Gasteiger partial charge in [-0.25, -0.2) is 4.98 Å². The number of carbonyl (C=O) groups excluding carboxylic acids is 1. The number of rotatable bonds is 5. The summed E-state index contributed by atoms with van der Waals surface area (Å²) >= 11 is 1.58. The van der Waals surface area contributed by atoms with Gasteiger partial charge in [-0.1, -0.05) is 30.3 Å². The fourth-order valence-corrected chi connectivity index (χ4v) is 5.20. The zero-order valence-corrected chi connectivity index (χ0v) is 17.7. The summed E-state index contributed by atoms with van der Waals surface area (Å²) in [6.45, 7) is 4.89. The number of amides is 1. The number of nitrogens with zero attached hydrogens (tertiary/aromatic N) is 4. The minimum Gasteiger partial charge on any atom is -0.371 e. The third-order valence-corrected chi connectivity index (χ3v) is 6.72. The van der Waals surface area contributed by atoms with Crippen LogP contribution < -0.4 is 10.2 Å². The molecule has 5 rings (SSSR count). The molecule has 1 fully saturated rings. The van der Waals surface area contributed by atoms with Crippen LogP contribution in [0.1, 0.15) is 39.5 Å². The van der Waals surface area contributed by atoms with Gasteiger partial charge in [-0.2, -0.15) is 0 Å². The maximum Gasteiger partial charge on any atom is 0.276 e. The van der Waals surface area contributed by atoms with Crippen molar-refractivity contribution in [3.05, 3.63) is 70.5 Å². The van der Waals surface area contributed by atoms with Gasteiger partial charge in [0.25, 0.3) is 5.91 Å². The Morgan fingerprint density at radius 2 is 1.93 bits per heavy atom. The van der Waals surface area contributed by atoms with Crippen LogP contribution in [-0.2, 0) is 19.5 Å². The number of thiazole rings is 1. The summed E-state index contributed by atoms with van der Waals surface area (Å²) in [6.07, 6.45) is 5.04. The molecule has 7 heteroatoms. The lowest BCUT2D eigenvalue weighted by atomic mass is 10.1. The number of nitrogens with one attached hydrogen (secondary N) is 1. The molecule has 0 bridgehead atoms. The third-order valence-electron chi connectivity index (χ3n) is 5.73. The molecule has 2 aliphatic heterocycles. The van der Waals surface area contributed by atoms with E-state index in [2.05, 4.69) is 49.4 Å². The molecule has 1 N–H and O–H groups in total. The van der Waals surface area contributed by atoms with Crippen LogP contribution in [0.2, 0.25) is 0 Å². The molecule has 2 aromatic heterocycles. The predicted molar refractivity (Wildman–Crippen MR) is 120 cm³/mol. The van der Waals surface area contributed by atoms with Gasteiger partial charge in [0.1, 0.15) is 5.69 Å². The highest BCUT2D eigenvalue weighted by atomic mass is 32.1. The van der Waals surface area contributed by atoms with E-state index < -0.39 is 0 Å². The first kappa shape index (κ1) is 19.2. The Morgan fingerprint density at radius 3 is 2.77 bits per heavy atom. The fourth-order valence-electron chi connectivity index (χ4n) is 4.16. The Bertz CT molecular complexity index is 1030. The SMILES string of the molecule is O=C(Nc1nc2c(s1)CN(Cc1ccccc1)CC2)c1cc(N2CCCC2)ccn1. The van der Waals surface area contributed by atoms with E-state index in [1.807, 2.05) is 18.2 Å². The average Bonchev–Trinajstić information content (AvgIpc) is 3.44. The van der Waals surface area contributed by atoms with Crippen LogP contribution in [0.4, 0.5) is 10.8 Å². The molecular formula is C23H25N5OS. The minimum atomic E-state index is -0.191. The van der Waals surface area contributed by atoms with Gasteiger partial charge < -0.3 is 4.90 Å². The van der Waals surface area contributed by atoms with Crippen molar-refractivity contribution in [1.82, 2.24) is 14.9 Å². The number of hydrogen-bond acceptors (Lipinski definition) is 6. The topological polar surface area (TPSA) is 61.4 Å². The third kappa shape index (κ3) is 4.22. The molecule has 3 aromatic rings. The van der Waals surface area contributed by atoms with Crippen LogP contribution in [0.25, 0.3) is 0 Å². The number of fused-ring (bicyclic) bond motifs is 1. The molecule has 0 saturated carbocycles. The monoisotopic (exact) mass is 419 g/mol. The number of pyridine rings is 1. The molecule has 30 heavy (non-hydrogen) atoms. The Hall–Kier alpha value is -2.77. The summed E-state index contributed by atoms with van der Waals surface area (Å²) < 4.78 is 0. The van der Waals surface area contributed by atoms with Crippen molar-refractivity contribution in [2.45, 2.75) is 32.4 Å². The van der Waals surface area contributed by atoms with Gasteiger partial charge in [0.2, 0.25) is 0 Å². The van der Waals surface area contributed by atoms with E-state index in [1.54, 1.807) is 17.5 Å². The number of anilines is 2. The van der Waals surface area contributed by atoms with E-state index in [0.717, 1.165) is 50.5 Å². The molecular weight excluding hydrogens is 394 g/mol. The smallest absolute Gasteiger partial charge is 0.276 e. The molecule has 0 atom stereocenters. The first-order valence-corrected chi connectivity index (χ1v) is 11.3. The summed E-state index contributed by atoms with van der Waals surface area (Å²) in [6, 6.07) is 14.4. The van der Waals surface area contributed by atoms with E-state index in [0.29, 0.717) is 10.8 Å². The molecule has 1 saturated heterocycles. The molecule has 0 unspecified atom stereocenters.